The summed E-state index contributed by atoms with van der Waals surface area (Å²) in [6.45, 7) is 0.00639. The SMILES string of the molecule is COc1cc(OC)cc(C(=O)NCc2nnc(SCc3ccc(C(F)(F)F)cc3)n2-c2ccc(Cl)c(Cl)c2)c1. The van der Waals surface area contributed by atoms with E-state index in [0.717, 1.165) is 12.1 Å². The maximum atomic E-state index is 12.9. The van der Waals surface area contributed by atoms with E-state index in [9.17, 15) is 18.0 Å². The van der Waals surface area contributed by atoms with E-state index in [1.807, 2.05) is 0 Å². The maximum absolute atomic E-state index is 12.9. The van der Waals surface area contributed by atoms with Crippen molar-refractivity contribution in [2.75, 3.05) is 14.2 Å². The van der Waals surface area contributed by atoms with Gasteiger partial charge in [0.25, 0.3) is 5.91 Å². The Hall–Kier alpha value is -3.41. The van der Waals surface area contributed by atoms with Gasteiger partial charge in [0.1, 0.15) is 11.5 Å². The van der Waals surface area contributed by atoms with E-state index in [1.54, 1.807) is 41.0 Å². The number of alkyl halides is 3. The van der Waals surface area contributed by atoms with Crippen molar-refractivity contribution in [2.24, 2.45) is 0 Å². The summed E-state index contributed by atoms with van der Waals surface area (Å²) in [4.78, 5) is 12.9. The standard InChI is InChI=1S/C26H21Cl2F3N4O3S/c1-37-19-9-16(10-20(12-19)38-2)24(36)32-13-23-33-34-25(35(23)18-7-8-21(27)22(28)11-18)39-14-15-3-5-17(6-4-15)26(29,30)31/h3-12H,13-14H2,1-2H3,(H,32,36). The molecule has 0 saturated heterocycles. The van der Waals surface area contributed by atoms with Crippen LogP contribution < -0.4 is 14.8 Å². The molecule has 1 aromatic heterocycles. The van der Waals surface area contributed by atoms with E-state index in [2.05, 4.69) is 15.5 Å². The fraction of sp³-hybridized carbons (Fsp3) is 0.192. The van der Waals surface area contributed by atoms with Crippen LogP contribution in [0.3, 0.4) is 0 Å². The highest BCUT2D eigenvalue weighted by atomic mass is 35.5. The van der Waals surface area contributed by atoms with Crippen LogP contribution in [0.2, 0.25) is 10.0 Å². The van der Waals surface area contributed by atoms with Crippen LogP contribution in [0.4, 0.5) is 13.2 Å². The summed E-state index contributed by atoms with van der Waals surface area (Å²) in [7, 11) is 2.97. The van der Waals surface area contributed by atoms with Gasteiger partial charge in [0, 0.05) is 17.4 Å². The largest absolute Gasteiger partial charge is 0.497 e. The number of hydrogen-bond donors (Lipinski definition) is 1. The van der Waals surface area contributed by atoms with Crippen molar-refractivity contribution >= 4 is 40.9 Å². The number of thioether (sulfide) groups is 1. The minimum absolute atomic E-state index is 0.00639. The molecule has 0 spiro atoms. The number of methoxy groups -OCH3 is 2. The van der Waals surface area contributed by atoms with Gasteiger partial charge < -0.3 is 14.8 Å². The van der Waals surface area contributed by atoms with Gasteiger partial charge in [-0.3, -0.25) is 9.36 Å². The molecular weight excluding hydrogens is 576 g/mol. The molecule has 0 aliphatic carbocycles. The summed E-state index contributed by atoms with van der Waals surface area (Å²) < 4.78 is 50.9. The first-order valence-electron chi connectivity index (χ1n) is 11.3. The van der Waals surface area contributed by atoms with E-state index in [-0.39, 0.29) is 6.54 Å². The average molecular weight is 597 g/mol. The van der Waals surface area contributed by atoms with Gasteiger partial charge in [-0.15, -0.1) is 10.2 Å². The first-order chi connectivity index (χ1) is 18.6. The van der Waals surface area contributed by atoms with Crippen molar-refractivity contribution in [2.45, 2.75) is 23.6 Å². The lowest BCUT2D eigenvalue weighted by Gasteiger charge is -2.13. The zero-order chi connectivity index (χ0) is 28.2. The maximum Gasteiger partial charge on any atom is 0.416 e. The van der Waals surface area contributed by atoms with Crippen molar-refractivity contribution in [3.63, 3.8) is 0 Å². The van der Waals surface area contributed by atoms with E-state index in [1.165, 1.54) is 38.1 Å². The average Bonchev–Trinajstić information content (AvgIpc) is 3.34. The highest BCUT2D eigenvalue weighted by molar-refractivity contribution is 7.98. The van der Waals surface area contributed by atoms with Crippen LogP contribution in [0.5, 0.6) is 11.5 Å². The Bertz CT molecular complexity index is 1460. The lowest BCUT2D eigenvalue weighted by Crippen LogP contribution is -2.24. The molecule has 7 nitrogen and oxygen atoms in total. The molecule has 0 atom stereocenters. The Kier molecular flexibility index (Phi) is 8.94. The van der Waals surface area contributed by atoms with Crippen LogP contribution in [-0.2, 0) is 18.5 Å². The van der Waals surface area contributed by atoms with Crippen molar-refractivity contribution in [1.82, 2.24) is 20.1 Å². The van der Waals surface area contributed by atoms with Gasteiger partial charge in [0.2, 0.25) is 0 Å². The van der Waals surface area contributed by atoms with Gasteiger partial charge >= 0.3 is 6.18 Å². The molecule has 4 aromatic rings. The highest BCUT2D eigenvalue weighted by Gasteiger charge is 2.30. The number of amides is 1. The lowest BCUT2D eigenvalue weighted by molar-refractivity contribution is -0.137. The highest BCUT2D eigenvalue weighted by Crippen LogP contribution is 2.32. The van der Waals surface area contributed by atoms with Crippen molar-refractivity contribution in [3.05, 3.63) is 93.2 Å². The third-order valence-corrected chi connectivity index (χ3v) is 7.27. The van der Waals surface area contributed by atoms with Crippen LogP contribution in [0.25, 0.3) is 5.69 Å². The first kappa shape index (κ1) is 28.6. The first-order valence-corrected chi connectivity index (χ1v) is 13.0. The molecule has 13 heteroatoms. The van der Waals surface area contributed by atoms with Crippen LogP contribution >= 0.6 is 35.0 Å². The molecule has 0 bridgehead atoms. The summed E-state index contributed by atoms with van der Waals surface area (Å²) in [5, 5.41) is 12.4. The number of carbonyl (C=O) groups excluding carboxylic acids is 1. The van der Waals surface area contributed by atoms with Crippen molar-refractivity contribution < 1.29 is 27.4 Å². The predicted octanol–water partition coefficient (Wildman–Crippen LogP) is 6.83. The molecule has 0 radical (unpaired) electrons. The zero-order valence-electron chi connectivity index (χ0n) is 20.6. The number of nitrogens with one attached hydrogen (secondary N) is 1. The van der Waals surface area contributed by atoms with Gasteiger partial charge in [-0.1, -0.05) is 47.1 Å². The number of halogens is 5. The summed E-state index contributed by atoms with van der Waals surface area (Å²) in [5.41, 5.74) is 0.862. The van der Waals surface area contributed by atoms with Crippen molar-refractivity contribution in [3.8, 4) is 17.2 Å². The molecule has 1 N–H and O–H groups in total. The van der Waals surface area contributed by atoms with E-state index < -0.39 is 17.6 Å². The topological polar surface area (TPSA) is 78.3 Å². The Morgan fingerprint density at radius 3 is 2.21 bits per heavy atom. The second kappa shape index (κ2) is 12.2. The van der Waals surface area contributed by atoms with Crippen LogP contribution in [0, 0.1) is 0 Å². The molecular formula is C26H21Cl2F3N4O3S. The number of ether oxygens (including phenoxy) is 2. The summed E-state index contributed by atoms with van der Waals surface area (Å²) in [6.07, 6.45) is -4.41. The van der Waals surface area contributed by atoms with Crippen LogP contribution in [0.1, 0.15) is 27.3 Å². The third-order valence-electron chi connectivity index (χ3n) is 5.53. The summed E-state index contributed by atoms with van der Waals surface area (Å²) in [5.74, 6) is 1.25. The Labute approximate surface area is 236 Å². The smallest absolute Gasteiger partial charge is 0.416 e. The van der Waals surface area contributed by atoms with Crippen LogP contribution in [0.15, 0.2) is 65.8 Å². The molecule has 39 heavy (non-hydrogen) atoms. The van der Waals surface area contributed by atoms with E-state index in [0.29, 0.717) is 55.1 Å². The van der Waals surface area contributed by atoms with Gasteiger partial charge in [-0.25, -0.2) is 0 Å². The number of hydrogen-bond acceptors (Lipinski definition) is 6. The quantitative estimate of drug-likeness (QED) is 0.213. The number of carbonyl (C=O) groups is 1. The Balaban J connectivity index is 1.58. The second-order valence-electron chi connectivity index (χ2n) is 8.10. The molecule has 3 aromatic carbocycles. The van der Waals surface area contributed by atoms with E-state index >= 15 is 0 Å². The molecule has 0 saturated carbocycles. The third kappa shape index (κ3) is 6.97. The Morgan fingerprint density at radius 1 is 0.949 bits per heavy atom. The van der Waals surface area contributed by atoms with E-state index in [4.69, 9.17) is 32.7 Å². The number of rotatable bonds is 9. The minimum atomic E-state index is -4.41. The molecule has 0 aliphatic heterocycles. The van der Waals surface area contributed by atoms with Crippen LogP contribution in [-0.4, -0.2) is 34.9 Å². The fourth-order valence-corrected chi connectivity index (χ4v) is 4.75. The number of nitrogens with zero attached hydrogens (tertiary/aromatic N) is 3. The zero-order valence-corrected chi connectivity index (χ0v) is 22.9. The molecule has 1 heterocycles. The molecule has 0 fully saturated rings. The minimum Gasteiger partial charge on any atom is -0.497 e. The van der Waals surface area contributed by atoms with Gasteiger partial charge in [0.15, 0.2) is 11.0 Å². The lowest BCUT2D eigenvalue weighted by atomic mass is 10.1. The summed E-state index contributed by atoms with van der Waals surface area (Å²) >= 11 is 13.6. The van der Waals surface area contributed by atoms with Gasteiger partial charge in [0.05, 0.1) is 42.1 Å². The van der Waals surface area contributed by atoms with Crippen molar-refractivity contribution in [1.29, 1.82) is 0 Å². The Morgan fingerprint density at radius 2 is 1.62 bits per heavy atom. The van der Waals surface area contributed by atoms with Gasteiger partial charge in [-0.05, 0) is 48.0 Å². The second-order valence-corrected chi connectivity index (χ2v) is 9.86. The monoisotopic (exact) mass is 596 g/mol. The molecule has 1 amide bonds. The van der Waals surface area contributed by atoms with Gasteiger partial charge in [-0.2, -0.15) is 13.2 Å². The molecule has 0 aliphatic rings. The molecule has 0 unspecified atom stereocenters. The fourth-order valence-electron chi connectivity index (χ4n) is 3.53. The number of benzene rings is 3. The normalized spacial score (nSPS) is 11.4. The molecule has 4 rings (SSSR count). The molecule has 204 valence electrons. The summed E-state index contributed by atoms with van der Waals surface area (Å²) in [6, 6.07) is 14.7. The predicted molar refractivity (Wildman–Crippen MR) is 143 cm³/mol. The number of aromatic nitrogens is 3.